The van der Waals surface area contributed by atoms with Crippen molar-refractivity contribution in [3.63, 3.8) is 0 Å². The molecular formula is C20H25N3O2. The highest BCUT2D eigenvalue weighted by Crippen LogP contribution is 2.26. The summed E-state index contributed by atoms with van der Waals surface area (Å²) in [6.07, 6.45) is 0.994. The van der Waals surface area contributed by atoms with E-state index in [1.54, 1.807) is 0 Å². The van der Waals surface area contributed by atoms with Gasteiger partial charge in [-0.1, -0.05) is 31.2 Å². The van der Waals surface area contributed by atoms with E-state index in [0.29, 0.717) is 0 Å². The number of anilines is 3. The van der Waals surface area contributed by atoms with Crippen molar-refractivity contribution in [1.82, 2.24) is 0 Å². The number of ether oxygens (including phenoxy) is 1. The Bertz CT molecular complexity index is 694. The van der Waals surface area contributed by atoms with Gasteiger partial charge in [0.1, 0.15) is 0 Å². The number of morpholine rings is 1. The largest absolute Gasteiger partial charge is 0.378 e. The van der Waals surface area contributed by atoms with E-state index in [0.717, 1.165) is 49.8 Å². The Kier molecular flexibility index (Phi) is 5.90. The molecule has 1 amide bonds. The van der Waals surface area contributed by atoms with E-state index < -0.39 is 0 Å². The number of nitrogens with one attached hydrogen (secondary N) is 2. The first-order valence-corrected chi connectivity index (χ1v) is 8.80. The molecule has 0 saturated carbocycles. The molecule has 1 aliphatic heterocycles. The fraction of sp³-hybridized carbons (Fsp3) is 0.350. The Labute approximate surface area is 149 Å². The van der Waals surface area contributed by atoms with Gasteiger partial charge in [-0.15, -0.1) is 0 Å². The summed E-state index contributed by atoms with van der Waals surface area (Å²) >= 11 is 0. The van der Waals surface area contributed by atoms with Gasteiger partial charge in [-0.3, -0.25) is 4.79 Å². The average Bonchev–Trinajstić information content (AvgIpc) is 2.68. The van der Waals surface area contributed by atoms with Gasteiger partial charge in [-0.2, -0.15) is 0 Å². The Morgan fingerprint density at radius 2 is 1.80 bits per heavy atom. The van der Waals surface area contributed by atoms with Gasteiger partial charge in [0.05, 0.1) is 31.1 Å². The predicted molar refractivity (Wildman–Crippen MR) is 102 cm³/mol. The third kappa shape index (κ3) is 4.73. The van der Waals surface area contributed by atoms with E-state index in [-0.39, 0.29) is 12.5 Å². The normalized spacial score (nSPS) is 14.2. The van der Waals surface area contributed by atoms with E-state index in [1.807, 2.05) is 42.5 Å². The minimum atomic E-state index is -0.0546. The first kappa shape index (κ1) is 17.3. The van der Waals surface area contributed by atoms with Gasteiger partial charge in [0.15, 0.2) is 0 Å². The topological polar surface area (TPSA) is 53.6 Å². The number of carbonyl (C=O) groups excluding carboxylic acids is 1. The van der Waals surface area contributed by atoms with Crippen LogP contribution in [-0.2, 0) is 16.0 Å². The lowest BCUT2D eigenvalue weighted by molar-refractivity contribution is -0.114. The molecule has 0 atom stereocenters. The molecule has 1 aliphatic rings. The number of benzene rings is 2. The first-order valence-electron chi connectivity index (χ1n) is 8.80. The molecule has 0 aromatic heterocycles. The lowest BCUT2D eigenvalue weighted by atomic mass is 10.1. The van der Waals surface area contributed by atoms with Crippen molar-refractivity contribution in [3.05, 3.63) is 54.1 Å². The lowest BCUT2D eigenvalue weighted by Gasteiger charge is -2.30. The van der Waals surface area contributed by atoms with Gasteiger partial charge in [-0.25, -0.2) is 0 Å². The molecule has 5 heteroatoms. The second-order valence-corrected chi connectivity index (χ2v) is 6.07. The molecular weight excluding hydrogens is 314 g/mol. The van der Waals surface area contributed by atoms with E-state index in [4.69, 9.17) is 4.74 Å². The number of hydrogen-bond donors (Lipinski definition) is 2. The molecule has 132 valence electrons. The van der Waals surface area contributed by atoms with Crippen LogP contribution in [0.1, 0.15) is 12.5 Å². The van der Waals surface area contributed by atoms with Crippen LogP contribution in [-0.4, -0.2) is 38.8 Å². The Balaban J connectivity index is 1.58. The standard InChI is InChI=1S/C20H25N3O2/c1-2-16-7-9-17(10-8-16)22-20(24)15-21-18-5-3-4-6-19(18)23-11-13-25-14-12-23/h3-10,21H,2,11-15H2,1H3,(H,22,24). The van der Waals surface area contributed by atoms with Crippen LogP contribution in [0.4, 0.5) is 17.1 Å². The highest BCUT2D eigenvalue weighted by Gasteiger charge is 2.14. The maximum absolute atomic E-state index is 12.2. The van der Waals surface area contributed by atoms with Crippen molar-refractivity contribution in [3.8, 4) is 0 Å². The minimum Gasteiger partial charge on any atom is -0.378 e. The molecule has 2 aromatic carbocycles. The third-order valence-corrected chi connectivity index (χ3v) is 4.34. The summed E-state index contributed by atoms with van der Waals surface area (Å²) in [4.78, 5) is 14.5. The van der Waals surface area contributed by atoms with Gasteiger partial charge >= 0.3 is 0 Å². The molecule has 0 aliphatic carbocycles. The molecule has 2 aromatic rings. The molecule has 0 bridgehead atoms. The fourth-order valence-electron chi connectivity index (χ4n) is 2.91. The summed E-state index contributed by atoms with van der Waals surface area (Å²) in [5.74, 6) is -0.0546. The summed E-state index contributed by atoms with van der Waals surface area (Å²) in [6.45, 7) is 5.56. The third-order valence-electron chi connectivity index (χ3n) is 4.34. The number of hydrogen-bond acceptors (Lipinski definition) is 4. The molecule has 2 N–H and O–H groups in total. The van der Waals surface area contributed by atoms with Crippen molar-refractivity contribution < 1.29 is 9.53 Å². The maximum Gasteiger partial charge on any atom is 0.243 e. The number of para-hydroxylation sites is 2. The minimum absolute atomic E-state index is 0.0546. The van der Waals surface area contributed by atoms with E-state index >= 15 is 0 Å². The van der Waals surface area contributed by atoms with Crippen LogP contribution in [0, 0.1) is 0 Å². The molecule has 0 radical (unpaired) electrons. The van der Waals surface area contributed by atoms with E-state index in [1.165, 1.54) is 5.56 Å². The summed E-state index contributed by atoms with van der Waals surface area (Å²) in [7, 11) is 0. The second-order valence-electron chi connectivity index (χ2n) is 6.07. The molecule has 5 nitrogen and oxygen atoms in total. The zero-order valence-corrected chi connectivity index (χ0v) is 14.6. The van der Waals surface area contributed by atoms with Gasteiger partial charge in [-0.05, 0) is 36.2 Å². The zero-order valence-electron chi connectivity index (χ0n) is 14.6. The molecule has 25 heavy (non-hydrogen) atoms. The summed E-state index contributed by atoms with van der Waals surface area (Å²) in [5.41, 5.74) is 4.17. The molecule has 1 heterocycles. The van der Waals surface area contributed by atoms with Gasteiger partial charge in [0, 0.05) is 18.8 Å². The lowest BCUT2D eigenvalue weighted by Crippen LogP contribution is -2.36. The summed E-state index contributed by atoms with van der Waals surface area (Å²) in [5, 5.41) is 6.19. The quantitative estimate of drug-likeness (QED) is 0.849. The molecule has 1 fully saturated rings. The van der Waals surface area contributed by atoms with Gasteiger partial charge in [0.2, 0.25) is 5.91 Å². The highest BCUT2D eigenvalue weighted by molar-refractivity contribution is 5.94. The van der Waals surface area contributed by atoms with E-state index in [2.05, 4.69) is 28.5 Å². The van der Waals surface area contributed by atoms with Crippen molar-refractivity contribution >= 4 is 23.0 Å². The van der Waals surface area contributed by atoms with Crippen molar-refractivity contribution in [1.29, 1.82) is 0 Å². The van der Waals surface area contributed by atoms with Crippen molar-refractivity contribution in [2.45, 2.75) is 13.3 Å². The highest BCUT2D eigenvalue weighted by atomic mass is 16.5. The molecule has 0 spiro atoms. The summed E-state index contributed by atoms with van der Waals surface area (Å²) < 4.78 is 5.42. The number of carbonyl (C=O) groups is 1. The number of amides is 1. The average molecular weight is 339 g/mol. The van der Waals surface area contributed by atoms with Crippen molar-refractivity contribution in [2.75, 3.05) is 48.4 Å². The number of nitrogens with zero attached hydrogens (tertiary/aromatic N) is 1. The SMILES string of the molecule is CCc1ccc(NC(=O)CNc2ccccc2N2CCOCC2)cc1. The van der Waals surface area contributed by atoms with Gasteiger partial charge in [0.25, 0.3) is 0 Å². The summed E-state index contributed by atoms with van der Waals surface area (Å²) in [6, 6.07) is 16.0. The first-order chi connectivity index (χ1) is 12.3. The Hall–Kier alpha value is -2.53. The van der Waals surface area contributed by atoms with Gasteiger partial charge < -0.3 is 20.3 Å². The maximum atomic E-state index is 12.2. The zero-order chi connectivity index (χ0) is 17.5. The van der Waals surface area contributed by atoms with Crippen molar-refractivity contribution in [2.24, 2.45) is 0 Å². The van der Waals surface area contributed by atoms with Crippen LogP contribution in [0.25, 0.3) is 0 Å². The van der Waals surface area contributed by atoms with Crippen LogP contribution >= 0.6 is 0 Å². The smallest absolute Gasteiger partial charge is 0.243 e. The molecule has 0 unspecified atom stereocenters. The monoisotopic (exact) mass is 339 g/mol. The van der Waals surface area contributed by atoms with Crippen LogP contribution < -0.4 is 15.5 Å². The molecule has 3 rings (SSSR count). The Morgan fingerprint density at radius 1 is 1.08 bits per heavy atom. The number of aryl methyl sites for hydroxylation is 1. The van der Waals surface area contributed by atoms with Crippen LogP contribution in [0.2, 0.25) is 0 Å². The molecule has 1 saturated heterocycles. The van der Waals surface area contributed by atoms with E-state index in [9.17, 15) is 4.79 Å². The Morgan fingerprint density at radius 3 is 2.52 bits per heavy atom. The van der Waals surface area contributed by atoms with Crippen LogP contribution in [0.5, 0.6) is 0 Å². The predicted octanol–water partition coefficient (Wildman–Crippen LogP) is 3.14. The fourth-order valence-corrected chi connectivity index (χ4v) is 2.91. The number of rotatable bonds is 6. The second kappa shape index (κ2) is 8.53. The van der Waals surface area contributed by atoms with Crippen LogP contribution in [0.3, 0.4) is 0 Å². The van der Waals surface area contributed by atoms with Crippen LogP contribution in [0.15, 0.2) is 48.5 Å².